The molecule has 41 heavy (non-hydrogen) atoms. The van der Waals surface area contributed by atoms with E-state index < -0.39 is 22.9 Å². The van der Waals surface area contributed by atoms with Crippen molar-refractivity contribution in [2.75, 3.05) is 18.0 Å². The lowest BCUT2D eigenvalue weighted by Crippen LogP contribution is -2.49. The highest BCUT2D eigenvalue weighted by Crippen LogP contribution is 2.25. The van der Waals surface area contributed by atoms with Crippen molar-refractivity contribution in [2.24, 2.45) is 7.05 Å². The zero-order valence-corrected chi connectivity index (χ0v) is 25.1. The first-order chi connectivity index (χ1) is 19.4. The number of nitrogens with zero attached hydrogens (tertiary/aromatic N) is 6. The average molecular weight is 578 g/mol. The lowest BCUT2D eigenvalue weighted by Gasteiger charge is -2.34. The smallest absolute Gasteiger partial charge is 0.407 e. The van der Waals surface area contributed by atoms with Crippen molar-refractivity contribution in [3.8, 4) is 11.8 Å². The predicted molar refractivity (Wildman–Crippen MR) is 161 cm³/mol. The molecule has 3 aromatic heterocycles. The summed E-state index contributed by atoms with van der Waals surface area (Å²) < 4.78 is 10.9. The van der Waals surface area contributed by atoms with Gasteiger partial charge in [-0.05, 0) is 65.2 Å². The maximum absolute atomic E-state index is 13.9. The molecule has 1 aliphatic rings. The first-order valence-electron chi connectivity index (χ1n) is 13.7. The van der Waals surface area contributed by atoms with Gasteiger partial charge in [-0.3, -0.25) is 18.5 Å². The summed E-state index contributed by atoms with van der Waals surface area (Å²) in [6.07, 6.45) is 1.13. The number of hydrogen-bond donors (Lipinski definition) is 1. The summed E-state index contributed by atoms with van der Waals surface area (Å²) in [4.78, 5) is 51.3. The number of hydrogen-bond acceptors (Lipinski definition) is 8. The molecule has 0 aliphatic carbocycles. The third kappa shape index (κ3) is 5.86. The van der Waals surface area contributed by atoms with Gasteiger partial charge in [0.1, 0.15) is 10.6 Å². The Hall–Kier alpha value is -4.11. The lowest BCUT2D eigenvalue weighted by atomic mass is 10.1. The third-order valence-corrected chi connectivity index (χ3v) is 7.95. The summed E-state index contributed by atoms with van der Waals surface area (Å²) in [5.74, 6) is 6.50. The number of fused-ring (bicyclic) bond motifs is 2. The molecule has 1 atom stereocenters. The van der Waals surface area contributed by atoms with Crippen molar-refractivity contribution >= 4 is 44.8 Å². The molecule has 1 amide bonds. The maximum Gasteiger partial charge on any atom is 0.407 e. The summed E-state index contributed by atoms with van der Waals surface area (Å²) in [6.45, 7) is 10.7. The number of carbonyl (C=O) groups excluding carboxylic acids is 1. The molecule has 0 saturated carbocycles. The zero-order chi connectivity index (χ0) is 29.5. The van der Waals surface area contributed by atoms with E-state index in [1.165, 1.54) is 20.5 Å². The van der Waals surface area contributed by atoms with Gasteiger partial charge in [-0.2, -0.15) is 4.98 Å². The minimum Gasteiger partial charge on any atom is -0.444 e. The van der Waals surface area contributed by atoms with Gasteiger partial charge >= 0.3 is 11.8 Å². The van der Waals surface area contributed by atoms with Crippen LogP contribution in [0.1, 0.15) is 51.1 Å². The molecule has 4 aromatic rings. The van der Waals surface area contributed by atoms with Gasteiger partial charge in [0.15, 0.2) is 11.2 Å². The monoisotopic (exact) mass is 577 g/mol. The molecule has 0 bridgehead atoms. The van der Waals surface area contributed by atoms with Gasteiger partial charge in [0.25, 0.3) is 5.56 Å². The number of nitrogens with one attached hydrogen (secondary N) is 1. The second-order valence-corrected chi connectivity index (χ2v) is 12.5. The van der Waals surface area contributed by atoms with Gasteiger partial charge in [0.05, 0.1) is 23.3 Å². The van der Waals surface area contributed by atoms with Crippen LogP contribution >= 0.6 is 11.3 Å². The Morgan fingerprint density at radius 1 is 1.22 bits per heavy atom. The minimum absolute atomic E-state index is 0.0609. The van der Waals surface area contributed by atoms with Crippen LogP contribution in [-0.4, -0.2) is 54.5 Å². The number of rotatable bonds is 5. The van der Waals surface area contributed by atoms with Crippen molar-refractivity contribution in [3.63, 3.8) is 0 Å². The number of imidazole rings is 1. The molecule has 1 N–H and O–H groups in total. The van der Waals surface area contributed by atoms with Crippen LogP contribution in [0.15, 0.2) is 27.8 Å². The number of aryl methyl sites for hydroxylation is 2. The number of anilines is 1. The summed E-state index contributed by atoms with van der Waals surface area (Å²) in [6, 6.07) is 5.86. The van der Waals surface area contributed by atoms with Gasteiger partial charge in [-0.1, -0.05) is 12.0 Å². The fourth-order valence-electron chi connectivity index (χ4n) is 5.09. The largest absolute Gasteiger partial charge is 0.444 e. The Balaban J connectivity index is 1.54. The van der Waals surface area contributed by atoms with Gasteiger partial charge in [-0.15, -0.1) is 17.3 Å². The number of aromatic nitrogens is 5. The van der Waals surface area contributed by atoms with Crippen LogP contribution in [0.4, 0.5) is 10.7 Å². The highest BCUT2D eigenvalue weighted by Gasteiger charge is 2.29. The molecular weight excluding hydrogens is 542 g/mol. The van der Waals surface area contributed by atoms with Crippen LogP contribution in [0.2, 0.25) is 0 Å². The maximum atomic E-state index is 13.9. The molecule has 0 radical (unpaired) electrons. The van der Waals surface area contributed by atoms with E-state index in [0.717, 1.165) is 28.6 Å². The Kier molecular flexibility index (Phi) is 7.66. The Morgan fingerprint density at radius 2 is 2.00 bits per heavy atom. The second-order valence-electron chi connectivity index (χ2n) is 11.3. The van der Waals surface area contributed by atoms with Crippen LogP contribution in [0.3, 0.4) is 0 Å². The molecule has 4 heterocycles. The van der Waals surface area contributed by atoms with E-state index in [1.807, 2.05) is 50.8 Å². The number of ether oxygens (including phenoxy) is 1. The Labute approximate surface area is 241 Å². The fourth-order valence-corrected chi connectivity index (χ4v) is 6.02. The lowest BCUT2D eigenvalue weighted by molar-refractivity contribution is 0.0499. The van der Waals surface area contributed by atoms with E-state index in [-0.39, 0.29) is 19.1 Å². The molecule has 1 fully saturated rings. The molecule has 1 saturated heterocycles. The number of carbonyl (C=O) groups is 1. The van der Waals surface area contributed by atoms with Crippen molar-refractivity contribution in [1.82, 2.24) is 29.0 Å². The van der Waals surface area contributed by atoms with E-state index in [0.29, 0.717) is 35.2 Å². The van der Waals surface area contributed by atoms with Crippen LogP contribution in [0, 0.1) is 18.8 Å². The number of piperidine rings is 1. The average Bonchev–Trinajstić information content (AvgIpc) is 3.48. The Morgan fingerprint density at radius 3 is 2.73 bits per heavy atom. The van der Waals surface area contributed by atoms with Crippen molar-refractivity contribution in [2.45, 2.75) is 72.2 Å². The van der Waals surface area contributed by atoms with Crippen molar-refractivity contribution in [1.29, 1.82) is 0 Å². The molecule has 11 nitrogen and oxygen atoms in total. The number of thiazole rings is 1. The van der Waals surface area contributed by atoms with Gasteiger partial charge < -0.3 is 15.0 Å². The Bertz CT molecular complexity index is 1810. The SMILES string of the molecule is CC#CCn1c(N2CCCC(NC(=O)OC(C)(C)C)C2)nc2c1c(=O)n(Cc1nc3cc(C)ccc3s1)c(=O)n2C. The number of amides is 1. The molecule has 216 valence electrons. The second kappa shape index (κ2) is 11.0. The van der Waals surface area contributed by atoms with Crippen molar-refractivity contribution < 1.29 is 9.53 Å². The normalized spacial score (nSPS) is 15.7. The fraction of sp³-hybridized carbons (Fsp3) is 0.483. The predicted octanol–water partition coefficient (Wildman–Crippen LogP) is 3.38. The first kappa shape index (κ1) is 28.4. The van der Waals surface area contributed by atoms with Gasteiger partial charge in [-0.25, -0.2) is 14.6 Å². The molecule has 12 heteroatoms. The summed E-state index contributed by atoms with van der Waals surface area (Å²) in [7, 11) is 1.62. The highest BCUT2D eigenvalue weighted by molar-refractivity contribution is 7.18. The topological polar surface area (TPSA) is 116 Å². The van der Waals surface area contributed by atoms with Crippen molar-refractivity contribution in [3.05, 3.63) is 49.6 Å². The van der Waals surface area contributed by atoms with Gasteiger partial charge in [0, 0.05) is 26.2 Å². The van der Waals surface area contributed by atoms with Crippen LogP contribution < -0.4 is 21.5 Å². The van der Waals surface area contributed by atoms with Crippen LogP contribution in [-0.2, 0) is 24.9 Å². The van der Waals surface area contributed by atoms with E-state index in [4.69, 9.17) is 9.72 Å². The van der Waals surface area contributed by atoms with Crippen LogP contribution in [0.25, 0.3) is 21.4 Å². The summed E-state index contributed by atoms with van der Waals surface area (Å²) >= 11 is 1.47. The number of benzene rings is 1. The molecule has 1 aromatic carbocycles. The van der Waals surface area contributed by atoms with E-state index in [9.17, 15) is 14.4 Å². The molecular formula is C29H35N7O4S. The first-order valence-corrected chi connectivity index (χ1v) is 14.5. The van der Waals surface area contributed by atoms with Gasteiger partial charge in [0.2, 0.25) is 5.95 Å². The molecule has 5 rings (SSSR count). The molecule has 1 unspecified atom stereocenters. The van der Waals surface area contributed by atoms with E-state index in [1.54, 1.807) is 18.5 Å². The highest BCUT2D eigenvalue weighted by atomic mass is 32.1. The molecule has 1 aliphatic heterocycles. The summed E-state index contributed by atoms with van der Waals surface area (Å²) in [5.41, 5.74) is 1.06. The van der Waals surface area contributed by atoms with E-state index >= 15 is 0 Å². The zero-order valence-electron chi connectivity index (χ0n) is 24.3. The minimum atomic E-state index is -0.597. The number of alkyl carbamates (subject to hydrolysis) is 1. The summed E-state index contributed by atoms with van der Waals surface area (Å²) in [5, 5.41) is 3.64. The molecule has 0 spiro atoms. The standard InChI is InChI=1S/C29H35N7O4S/c1-7-8-14-35-23-24(32-26(35)34-13-9-10-19(16-34)30-27(38)40-29(3,4)5)33(6)28(39)36(25(23)37)17-22-31-20-15-18(2)11-12-21(20)41-22/h11-12,15,19H,9-10,13-14,16-17H2,1-6H3,(H,30,38). The van der Waals surface area contributed by atoms with E-state index in [2.05, 4.69) is 22.1 Å². The van der Waals surface area contributed by atoms with Crippen LogP contribution in [0.5, 0.6) is 0 Å². The third-order valence-electron chi connectivity index (χ3n) is 6.93. The quantitative estimate of drug-likeness (QED) is 0.362.